The molecular formula is C11H20N4O6. The molecular weight excluding hydrogens is 284 g/mol. The minimum absolute atomic E-state index is 0.000505. The number of aliphatic imine (C=N–C) groups is 1. The molecule has 21 heavy (non-hydrogen) atoms. The molecule has 10 nitrogen and oxygen atoms in total. The summed E-state index contributed by atoms with van der Waals surface area (Å²) in [6, 6.07) is 0. The van der Waals surface area contributed by atoms with E-state index >= 15 is 0 Å². The van der Waals surface area contributed by atoms with Crippen LogP contribution in [0.5, 0.6) is 0 Å². The highest BCUT2D eigenvalue weighted by Gasteiger charge is 2.30. The van der Waals surface area contributed by atoms with Gasteiger partial charge in [0.15, 0.2) is 11.0 Å². The summed E-state index contributed by atoms with van der Waals surface area (Å²) in [6.45, 7) is 4.97. The number of nitrogens with one attached hydrogen (secondary N) is 1. The van der Waals surface area contributed by atoms with E-state index < -0.39 is 28.5 Å². The van der Waals surface area contributed by atoms with Crippen molar-refractivity contribution < 1.29 is 24.5 Å². The Bertz CT molecular complexity index is 429. The summed E-state index contributed by atoms with van der Waals surface area (Å²) in [5.74, 6) is -3.80. The second-order valence-corrected chi connectivity index (χ2v) is 5.20. The quantitative estimate of drug-likeness (QED) is 0.112. The zero-order valence-corrected chi connectivity index (χ0v) is 12.2. The number of carbonyl (C=O) groups excluding carboxylic acids is 1. The molecule has 0 saturated heterocycles. The number of carboxylic acid groups (broad SMARTS) is 1. The Kier molecular flexibility index (Phi) is 7.11. The van der Waals surface area contributed by atoms with Gasteiger partial charge in [-0.05, 0) is 33.6 Å². The first-order chi connectivity index (χ1) is 9.53. The molecule has 0 bridgehead atoms. The van der Waals surface area contributed by atoms with Crippen LogP contribution in [0.15, 0.2) is 4.99 Å². The molecule has 0 heterocycles. The highest BCUT2D eigenvalue weighted by Crippen LogP contribution is 2.15. The number of hydrazine groups is 1. The first kappa shape index (κ1) is 18.6. The maximum atomic E-state index is 11.7. The third-order valence-corrected chi connectivity index (χ3v) is 2.13. The van der Waals surface area contributed by atoms with Gasteiger partial charge in [0.05, 0.1) is 0 Å². The highest BCUT2D eigenvalue weighted by molar-refractivity contribution is 5.94. The molecule has 120 valence electrons. The first-order valence-corrected chi connectivity index (χ1v) is 6.19. The van der Waals surface area contributed by atoms with E-state index in [1.165, 1.54) is 0 Å². The molecule has 1 atom stereocenters. The number of hydrogen-bond acceptors (Lipinski definition) is 6. The van der Waals surface area contributed by atoms with Crippen LogP contribution in [0, 0.1) is 16.0 Å². The van der Waals surface area contributed by atoms with Crippen molar-refractivity contribution in [2.45, 2.75) is 39.2 Å². The fraction of sp³-hybridized carbons (Fsp3) is 0.727. The maximum absolute atomic E-state index is 11.7. The van der Waals surface area contributed by atoms with E-state index in [0.29, 0.717) is 0 Å². The van der Waals surface area contributed by atoms with Crippen LogP contribution in [0.4, 0.5) is 0 Å². The lowest BCUT2D eigenvalue weighted by Crippen LogP contribution is -2.36. The van der Waals surface area contributed by atoms with E-state index in [9.17, 15) is 19.7 Å². The van der Waals surface area contributed by atoms with E-state index in [1.807, 2.05) is 0 Å². The minimum Gasteiger partial charge on any atom is -0.481 e. The van der Waals surface area contributed by atoms with Gasteiger partial charge >= 0.3 is 11.9 Å². The van der Waals surface area contributed by atoms with Crippen molar-refractivity contribution in [3.63, 3.8) is 0 Å². The number of carbonyl (C=O) groups is 2. The predicted octanol–water partition coefficient (Wildman–Crippen LogP) is -0.0949. The topological polar surface area (TPSA) is 157 Å². The van der Waals surface area contributed by atoms with Gasteiger partial charge in [0.25, 0.3) is 5.96 Å². The van der Waals surface area contributed by atoms with Gasteiger partial charge in [0.2, 0.25) is 0 Å². The lowest BCUT2D eigenvalue weighted by atomic mass is 10.0. The third-order valence-electron chi connectivity index (χ3n) is 2.13. The molecule has 0 amide bonds. The van der Waals surface area contributed by atoms with Gasteiger partial charge in [-0.2, -0.15) is 0 Å². The van der Waals surface area contributed by atoms with Crippen molar-refractivity contribution in [3.05, 3.63) is 10.1 Å². The summed E-state index contributed by atoms with van der Waals surface area (Å²) >= 11 is 0. The summed E-state index contributed by atoms with van der Waals surface area (Å²) in [5.41, 5.74) is 6.06. The fourth-order valence-electron chi connectivity index (χ4n) is 1.34. The number of ether oxygens (including phenoxy) is 1. The summed E-state index contributed by atoms with van der Waals surface area (Å²) in [7, 11) is 0. The van der Waals surface area contributed by atoms with E-state index in [2.05, 4.69) is 4.99 Å². The Morgan fingerprint density at radius 1 is 1.48 bits per heavy atom. The molecule has 0 rings (SSSR count). The number of aliphatic carboxylic acids is 1. The molecule has 0 radical (unpaired) electrons. The van der Waals surface area contributed by atoms with Crippen LogP contribution in [0.1, 0.15) is 33.6 Å². The highest BCUT2D eigenvalue weighted by atomic mass is 16.7. The van der Waals surface area contributed by atoms with Crippen molar-refractivity contribution in [2.75, 3.05) is 6.54 Å². The van der Waals surface area contributed by atoms with Crippen molar-refractivity contribution in [1.29, 1.82) is 0 Å². The monoisotopic (exact) mass is 304 g/mol. The number of rotatable bonds is 7. The minimum atomic E-state index is -1.30. The Balaban J connectivity index is 4.39. The Hall–Kier alpha value is -2.39. The summed E-state index contributed by atoms with van der Waals surface area (Å²) < 4.78 is 5.01. The van der Waals surface area contributed by atoms with Crippen LogP contribution in [0.3, 0.4) is 0 Å². The molecule has 0 aliphatic heterocycles. The van der Waals surface area contributed by atoms with Gasteiger partial charge in [-0.25, -0.2) is 15.1 Å². The normalized spacial score (nSPS) is 13.4. The van der Waals surface area contributed by atoms with Gasteiger partial charge in [-0.3, -0.25) is 9.59 Å². The average molecular weight is 304 g/mol. The van der Waals surface area contributed by atoms with Crippen LogP contribution < -0.4 is 11.2 Å². The molecule has 0 aliphatic carbocycles. The summed E-state index contributed by atoms with van der Waals surface area (Å²) in [6.07, 6.45) is 0.218. The number of nitrogens with zero attached hydrogens (tertiary/aromatic N) is 2. The second-order valence-electron chi connectivity index (χ2n) is 5.20. The van der Waals surface area contributed by atoms with Crippen LogP contribution in [0.25, 0.3) is 0 Å². The number of nitro groups is 1. The Morgan fingerprint density at radius 2 is 2.05 bits per heavy atom. The van der Waals surface area contributed by atoms with Crippen LogP contribution in [0.2, 0.25) is 0 Å². The number of carboxylic acids is 1. The van der Waals surface area contributed by atoms with Crippen molar-refractivity contribution in [3.8, 4) is 0 Å². The van der Waals surface area contributed by atoms with Crippen LogP contribution >= 0.6 is 0 Å². The Morgan fingerprint density at radius 3 is 2.48 bits per heavy atom. The molecule has 0 aromatic heterocycles. The molecule has 0 unspecified atom stereocenters. The lowest BCUT2D eigenvalue weighted by Gasteiger charge is -2.22. The molecule has 4 N–H and O–H groups in total. The van der Waals surface area contributed by atoms with Gasteiger partial charge in [-0.15, -0.1) is 0 Å². The third kappa shape index (κ3) is 9.19. The van der Waals surface area contributed by atoms with Crippen LogP contribution in [-0.2, 0) is 14.3 Å². The summed E-state index contributed by atoms with van der Waals surface area (Å²) in [5, 5.41) is 18.2. The van der Waals surface area contributed by atoms with Gasteiger partial charge in [0, 0.05) is 6.54 Å². The van der Waals surface area contributed by atoms with E-state index in [4.69, 9.17) is 15.6 Å². The molecule has 0 aliphatic rings. The average Bonchev–Trinajstić information content (AvgIpc) is 2.24. The lowest BCUT2D eigenvalue weighted by molar-refractivity contribution is -0.525. The fourth-order valence-corrected chi connectivity index (χ4v) is 1.34. The second kappa shape index (κ2) is 8.02. The van der Waals surface area contributed by atoms with Gasteiger partial charge in [-0.1, -0.05) is 5.43 Å². The van der Waals surface area contributed by atoms with Gasteiger partial charge < -0.3 is 15.6 Å². The maximum Gasteiger partial charge on any atom is 0.320 e. The number of hydrogen-bond donors (Lipinski definition) is 3. The van der Waals surface area contributed by atoms with Gasteiger partial charge in [0.1, 0.15) is 5.60 Å². The zero-order chi connectivity index (χ0) is 16.6. The standard InChI is InChI=1S/C11H20N4O6/c1-11(2,3)21-9(18)7(8(16)17)5-4-6-13-10(12)14-15(19)20/h7H,4-6H2,1-3H3,(H,16,17)(H3,12,13,14)/t7-/m0/s1. The van der Waals surface area contributed by atoms with E-state index in [-0.39, 0.29) is 25.3 Å². The molecule has 0 aromatic carbocycles. The van der Waals surface area contributed by atoms with Crippen molar-refractivity contribution >= 4 is 17.9 Å². The first-order valence-electron chi connectivity index (χ1n) is 6.19. The summed E-state index contributed by atoms with van der Waals surface area (Å²) in [4.78, 5) is 36.4. The van der Waals surface area contributed by atoms with E-state index in [0.717, 1.165) is 0 Å². The molecule has 10 heteroatoms. The molecule has 0 saturated carbocycles. The number of guanidine groups is 1. The molecule has 0 spiro atoms. The van der Waals surface area contributed by atoms with Crippen molar-refractivity contribution in [2.24, 2.45) is 16.6 Å². The zero-order valence-electron chi connectivity index (χ0n) is 12.2. The van der Waals surface area contributed by atoms with Crippen LogP contribution in [-0.4, -0.2) is 40.2 Å². The van der Waals surface area contributed by atoms with E-state index in [1.54, 1.807) is 26.2 Å². The molecule has 0 fully saturated rings. The smallest absolute Gasteiger partial charge is 0.320 e. The Labute approximate surface area is 121 Å². The number of nitrogens with two attached hydrogens (primary N) is 1. The molecule has 0 aromatic rings. The number of esters is 1. The SMILES string of the molecule is CC(C)(C)OC(=O)[C@@H](CCCN=C(N)N[N+](=O)[O-])C(=O)O. The predicted molar refractivity (Wildman–Crippen MR) is 72.8 cm³/mol. The van der Waals surface area contributed by atoms with Crippen molar-refractivity contribution in [1.82, 2.24) is 5.43 Å². The largest absolute Gasteiger partial charge is 0.481 e.